The van der Waals surface area contributed by atoms with E-state index in [4.69, 9.17) is 4.74 Å². The van der Waals surface area contributed by atoms with E-state index in [9.17, 15) is 9.59 Å². The van der Waals surface area contributed by atoms with Gasteiger partial charge in [0.2, 0.25) is 0 Å². The predicted molar refractivity (Wildman–Crippen MR) is 97.1 cm³/mol. The first kappa shape index (κ1) is 17.5. The second-order valence-corrected chi connectivity index (χ2v) is 9.50. The molecule has 0 N–H and O–H groups in total. The quantitative estimate of drug-likeness (QED) is 0.557. The molecule has 4 aliphatic rings. The Morgan fingerprint density at radius 3 is 2.84 bits per heavy atom. The average Bonchev–Trinajstić information content (AvgIpc) is 2.98. The Kier molecular flexibility index (Phi) is 4.42. The number of ketones is 1. The van der Waals surface area contributed by atoms with Gasteiger partial charge in [-0.15, -0.1) is 0 Å². The highest BCUT2D eigenvalue weighted by atomic mass is 16.5. The second kappa shape index (κ2) is 6.33. The number of aldehydes is 1. The third kappa shape index (κ3) is 2.74. The predicted octanol–water partition coefficient (Wildman–Crippen LogP) is 4.49. The zero-order valence-corrected chi connectivity index (χ0v) is 15.8. The lowest BCUT2D eigenvalue weighted by molar-refractivity contribution is -0.131. The number of ether oxygens (including phenoxy) is 1. The van der Waals surface area contributed by atoms with Crippen LogP contribution in [0.15, 0.2) is 11.6 Å². The summed E-state index contributed by atoms with van der Waals surface area (Å²) in [4.78, 5) is 22.8. The SMILES string of the molecule is C[C@@]12CCC[C@H]1[C@@H]1C(OCCC=O)CC3=CC(=O)CC[C@]3(C)[C@H]1CC2. The molecule has 0 aromatic carbocycles. The van der Waals surface area contributed by atoms with Gasteiger partial charge in [-0.05, 0) is 73.2 Å². The third-order valence-electron chi connectivity index (χ3n) is 8.31. The summed E-state index contributed by atoms with van der Waals surface area (Å²) in [5.74, 6) is 2.28. The molecule has 0 aromatic heterocycles. The minimum absolute atomic E-state index is 0.188. The minimum atomic E-state index is 0.188. The number of fused-ring (bicyclic) bond motifs is 5. The van der Waals surface area contributed by atoms with Gasteiger partial charge >= 0.3 is 0 Å². The first-order chi connectivity index (χ1) is 12.0. The van der Waals surface area contributed by atoms with Gasteiger partial charge in [-0.3, -0.25) is 4.79 Å². The molecule has 0 spiro atoms. The normalized spacial score (nSPS) is 46.0. The molecule has 0 bridgehead atoms. The molecule has 3 nitrogen and oxygen atoms in total. The Bertz CT molecular complexity index is 594. The first-order valence-corrected chi connectivity index (χ1v) is 10.3. The van der Waals surface area contributed by atoms with Crippen LogP contribution in [0.4, 0.5) is 0 Å². The number of hydrogen-bond donors (Lipinski definition) is 0. The largest absolute Gasteiger partial charge is 0.377 e. The van der Waals surface area contributed by atoms with Gasteiger partial charge in [-0.1, -0.05) is 25.8 Å². The molecule has 4 rings (SSSR count). The lowest BCUT2D eigenvalue weighted by atomic mass is 9.47. The van der Waals surface area contributed by atoms with Crippen LogP contribution in [-0.2, 0) is 14.3 Å². The van der Waals surface area contributed by atoms with Crippen LogP contribution in [0.25, 0.3) is 0 Å². The molecule has 3 saturated carbocycles. The highest BCUT2D eigenvalue weighted by Gasteiger charge is 2.59. The van der Waals surface area contributed by atoms with Crippen molar-refractivity contribution >= 4 is 12.1 Å². The Morgan fingerprint density at radius 2 is 2.04 bits per heavy atom. The Labute approximate surface area is 151 Å². The standard InChI is InChI=1S/C22H32O3/c1-21-8-3-5-17(21)20-18(7-9-21)22(2)10-6-16(24)13-15(22)14-19(20)25-12-4-11-23/h11,13,17-20H,3-10,12,14H2,1-2H3/t17-,18-,19?,20-,21-,22-/m0/s1. The van der Waals surface area contributed by atoms with Crippen molar-refractivity contribution < 1.29 is 14.3 Å². The van der Waals surface area contributed by atoms with Gasteiger partial charge in [0.1, 0.15) is 6.29 Å². The molecule has 0 heterocycles. The molecule has 6 atom stereocenters. The summed E-state index contributed by atoms with van der Waals surface area (Å²) < 4.78 is 6.29. The molecule has 0 saturated heterocycles. The maximum atomic E-state index is 12.1. The summed E-state index contributed by atoms with van der Waals surface area (Å²) in [7, 11) is 0. The van der Waals surface area contributed by atoms with Crippen LogP contribution in [0.3, 0.4) is 0 Å². The Morgan fingerprint density at radius 1 is 1.20 bits per heavy atom. The lowest BCUT2D eigenvalue weighted by Gasteiger charge is -2.59. The first-order valence-electron chi connectivity index (χ1n) is 10.3. The zero-order valence-electron chi connectivity index (χ0n) is 15.8. The molecule has 4 aliphatic carbocycles. The summed E-state index contributed by atoms with van der Waals surface area (Å²) in [6, 6.07) is 0. The van der Waals surface area contributed by atoms with E-state index in [0.29, 0.717) is 42.5 Å². The number of rotatable bonds is 4. The molecular weight excluding hydrogens is 312 g/mol. The summed E-state index contributed by atoms with van der Waals surface area (Å²) in [5, 5.41) is 0. The third-order valence-corrected chi connectivity index (χ3v) is 8.31. The van der Waals surface area contributed by atoms with Gasteiger partial charge in [0.05, 0.1) is 12.7 Å². The summed E-state index contributed by atoms with van der Waals surface area (Å²) in [5.41, 5.74) is 2.00. The van der Waals surface area contributed by atoms with E-state index in [-0.39, 0.29) is 11.5 Å². The van der Waals surface area contributed by atoms with Crippen LogP contribution < -0.4 is 0 Å². The van der Waals surface area contributed by atoms with Crippen LogP contribution in [0.5, 0.6) is 0 Å². The van der Waals surface area contributed by atoms with E-state index >= 15 is 0 Å². The monoisotopic (exact) mass is 344 g/mol. The Hall–Kier alpha value is -0.960. The van der Waals surface area contributed by atoms with E-state index in [0.717, 1.165) is 25.0 Å². The highest BCUT2D eigenvalue weighted by molar-refractivity contribution is 5.91. The summed E-state index contributed by atoms with van der Waals surface area (Å²) in [6.45, 7) is 5.45. The molecular formula is C22H32O3. The van der Waals surface area contributed by atoms with Crippen LogP contribution in [0.2, 0.25) is 0 Å². The topological polar surface area (TPSA) is 43.4 Å². The summed E-state index contributed by atoms with van der Waals surface area (Å²) in [6.07, 6.45) is 12.8. The van der Waals surface area contributed by atoms with Crippen molar-refractivity contribution in [2.75, 3.05) is 6.61 Å². The van der Waals surface area contributed by atoms with Crippen molar-refractivity contribution in [2.24, 2.45) is 28.6 Å². The van der Waals surface area contributed by atoms with Gasteiger partial charge in [-0.25, -0.2) is 0 Å². The molecule has 0 amide bonds. The van der Waals surface area contributed by atoms with Crippen molar-refractivity contribution in [3.05, 3.63) is 11.6 Å². The van der Waals surface area contributed by atoms with Gasteiger partial charge < -0.3 is 9.53 Å². The molecule has 138 valence electrons. The fourth-order valence-corrected chi connectivity index (χ4v) is 6.93. The van der Waals surface area contributed by atoms with Crippen molar-refractivity contribution in [3.63, 3.8) is 0 Å². The number of hydrogen-bond acceptors (Lipinski definition) is 3. The minimum Gasteiger partial charge on any atom is -0.377 e. The number of carbonyl (C=O) groups excluding carboxylic acids is 2. The van der Waals surface area contributed by atoms with Crippen molar-refractivity contribution in [2.45, 2.75) is 77.7 Å². The highest BCUT2D eigenvalue weighted by Crippen LogP contribution is 2.65. The zero-order chi connectivity index (χ0) is 17.7. The molecule has 0 radical (unpaired) electrons. The van der Waals surface area contributed by atoms with E-state index in [1.165, 1.54) is 37.7 Å². The van der Waals surface area contributed by atoms with Crippen LogP contribution >= 0.6 is 0 Å². The maximum Gasteiger partial charge on any atom is 0.155 e. The van der Waals surface area contributed by atoms with Crippen LogP contribution in [0.1, 0.15) is 71.6 Å². The van der Waals surface area contributed by atoms with Crippen LogP contribution in [-0.4, -0.2) is 24.8 Å². The molecule has 25 heavy (non-hydrogen) atoms. The molecule has 0 aromatic rings. The van der Waals surface area contributed by atoms with Gasteiger partial charge in [-0.2, -0.15) is 0 Å². The van der Waals surface area contributed by atoms with Gasteiger partial charge in [0.15, 0.2) is 5.78 Å². The smallest absolute Gasteiger partial charge is 0.155 e. The number of carbonyl (C=O) groups is 2. The van der Waals surface area contributed by atoms with Crippen molar-refractivity contribution in [1.82, 2.24) is 0 Å². The van der Waals surface area contributed by atoms with Crippen molar-refractivity contribution in [1.29, 1.82) is 0 Å². The van der Waals surface area contributed by atoms with E-state index in [2.05, 4.69) is 13.8 Å². The molecule has 0 aliphatic heterocycles. The van der Waals surface area contributed by atoms with Crippen molar-refractivity contribution in [3.8, 4) is 0 Å². The average molecular weight is 344 g/mol. The van der Waals surface area contributed by atoms with Crippen LogP contribution in [0, 0.1) is 28.6 Å². The lowest BCUT2D eigenvalue weighted by Crippen LogP contribution is -2.55. The maximum absolute atomic E-state index is 12.1. The Balaban J connectivity index is 1.68. The van der Waals surface area contributed by atoms with Gasteiger partial charge in [0.25, 0.3) is 0 Å². The second-order valence-electron chi connectivity index (χ2n) is 9.50. The van der Waals surface area contributed by atoms with Gasteiger partial charge in [0, 0.05) is 12.8 Å². The fourth-order valence-electron chi connectivity index (χ4n) is 6.93. The fraction of sp³-hybridized carbons (Fsp3) is 0.818. The van der Waals surface area contributed by atoms with E-state index < -0.39 is 0 Å². The molecule has 3 heteroatoms. The molecule has 3 fully saturated rings. The van der Waals surface area contributed by atoms with E-state index in [1.807, 2.05) is 6.08 Å². The van der Waals surface area contributed by atoms with E-state index in [1.54, 1.807) is 0 Å². The molecule has 1 unspecified atom stereocenters. The summed E-state index contributed by atoms with van der Waals surface area (Å²) >= 11 is 0.